The Morgan fingerprint density at radius 2 is 1.58 bits per heavy atom. The summed E-state index contributed by atoms with van der Waals surface area (Å²) in [6.07, 6.45) is 1.89. The van der Waals surface area contributed by atoms with Gasteiger partial charge in [-0.3, -0.25) is 14.6 Å². The summed E-state index contributed by atoms with van der Waals surface area (Å²) in [6.45, 7) is 9.09. The van der Waals surface area contributed by atoms with Crippen LogP contribution in [0.25, 0.3) is 10.9 Å². The van der Waals surface area contributed by atoms with Crippen LogP contribution in [0, 0.1) is 23.0 Å². The summed E-state index contributed by atoms with van der Waals surface area (Å²) >= 11 is 0. The minimum Gasteiger partial charge on any atom is -0.493 e. The molecule has 0 aliphatic heterocycles. The van der Waals surface area contributed by atoms with Crippen molar-refractivity contribution in [3.05, 3.63) is 78.5 Å². The van der Waals surface area contributed by atoms with E-state index in [-0.39, 0.29) is 17.4 Å². The fraction of sp³-hybridized carbons (Fsp3) is 0.324. The molecule has 2 amide bonds. The fourth-order valence-electron chi connectivity index (χ4n) is 5.27. The predicted octanol–water partition coefficient (Wildman–Crippen LogP) is 6.64. The lowest BCUT2D eigenvalue weighted by Crippen LogP contribution is -2.37. The molecule has 1 fully saturated rings. The number of anilines is 2. The van der Waals surface area contributed by atoms with Crippen LogP contribution in [0.4, 0.5) is 20.2 Å². The molecule has 4 aromatic rings. The number of pyridine rings is 1. The standard InChI is InChI=1S/C34H36F2N4O5/c1-5-40(6-2)15-16-44-31-19-27-25(18-30(31)43-4)28(13-14-37-27)45-29-12-11-24(17-26(29)36)39-33(42)34(20-21(34)3)32(41)38-23-9-7-22(35)8-10-23/h7-14,17-19,21H,5-6,15-16,20H2,1-4H3,(H,38,41)(H,39,42). The second kappa shape index (κ2) is 13.5. The van der Waals surface area contributed by atoms with Crippen LogP contribution in [-0.4, -0.2) is 55.0 Å². The van der Waals surface area contributed by atoms with E-state index in [1.165, 1.54) is 36.4 Å². The molecule has 236 valence electrons. The molecule has 0 radical (unpaired) electrons. The van der Waals surface area contributed by atoms with Crippen molar-refractivity contribution in [2.75, 3.05) is 44.0 Å². The van der Waals surface area contributed by atoms with Gasteiger partial charge in [-0.1, -0.05) is 20.8 Å². The van der Waals surface area contributed by atoms with Crippen LogP contribution in [0.15, 0.2) is 66.9 Å². The molecule has 2 atom stereocenters. The number of benzene rings is 3. The molecular formula is C34H36F2N4O5. The molecule has 3 aromatic carbocycles. The number of methoxy groups -OCH3 is 1. The average Bonchev–Trinajstić information content (AvgIpc) is 3.73. The summed E-state index contributed by atoms with van der Waals surface area (Å²) in [5, 5.41) is 5.94. The zero-order valence-corrected chi connectivity index (χ0v) is 25.7. The van der Waals surface area contributed by atoms with Crippen LogP contribution in [-0.2, 0) is 9.59 Å². The lowest BCUT2D eigenvalue weighted by atomic mass is 10.0. The Morgan fingerprint density at radius 3 is 2.20 bits per heavy atom. The van der Waals surface area contributed by atoms with Gasteiger partial charge in [0.2, 0.25) is 11.8 Å². The molecule has 11 heteroatoms. The maximum atomic E-state index is 15.3. The van der Waals surface area contributed by atoms with Crippen molar-refractivity contribution < 1.29 is 32.6 Å². The number of rotatable bonds is 13. The second-order valence-corrected chi connectivity index (χ2v) is 10.9. The SMILES string of the molecule is CCN(CC)CCOc1cc2nccc(Oc3ccc(NC(=O)C4(C(=O)Nc5ccc(F)cc5)CC4C)cc3F)c2cc1OC. The largest absolute Gasteiger partial charge is 0.493 e. The number of hydrogen-bond acceptors (Lipinski definition) is 7. The summed E-state index contributed by atoms with van der Waals surface area (Å²) in [6, 6.07) is 14.4. The van der Waals surface area contributed by atoms with Gasteiger partial charge in [0.1, 0.15) is 23.6 Å². The molecule has 1 heterocycles. The lowest BCUT2D eigenvalue weighted by Gasteiger charge is -2.19. The minimum absolute atomic E-state index is 0.0671. The van der Waals surface area contributed by atoms with E-state index >= 15 is 4.39 Å². The van der Waals surface area contributed by atoms with Gasteiger partial charge in [0.05, 0.1) is 12.6 Å². The molecule has 1 aliphatic rings. The molecule has 1 saturated carbocycles. The molecule has 0 spiro atoms. The Kier molecular flexibility index (Phi) is 9.48. The van der Waals surface area contributed by atoms with Gasteiger partial charge >= 0.3 is 0 Å². The Labute approximate surface area is 260 Å². The van der Waals surface area contributed by atoms with Crippen LogP contribution in [0.1, 0.15) is 27.2 Å². The van der Waals surface area contributed by atoms with Crippen LogP contribution in [0.5, 0.6) is 23.0 Å². The average molecular weight is 619 g/mol. The molecule has 45 heavy (non-hydrogen) atoms. The van der Waals surface area contributed by atoms with Gasteiger partial charge in [0.25, 0.3) is 0 Å². The topological polar surface area (TPSA) is 102 Å². The number of halogens is 2. The van der Waals surface area contributed by atoms with E-state index in [1.54, 1.807) is 38.4 Å². The zero-order chi connectivity index (χ0) is 32.1. The van der Waals surface area contributed by atoms with E-state index in [0.29, 0.717) is 46.9 Å². The molecule has 2 unspecified atom stereocenters. The number of fused-ring (bicyclic) bond motifs is 1. The monoisotopic (exact) mass is 618 g/mol. The van der Waals surface area contributed by atoms with Crippen molar-refractivity contribution in [2.24, 2.45) is 11.3 Å². The maximum absolute atomic E-state index is 15.3. The smallest absolute Gasteiger partial charge is 0.240 e. The minimum atomic E-state index is -1.32. The number of carbonyl (C=O) groups excluding carboxylic acids is 2. The van der Waals surface area contributed by atoms with Crippen molar-refractivity contribution in [1.82, 2.24) is 9.88 Å². The molecule has 1 aliphatic carbocycles. The summed E-state index contributed by atoms with van der Waals surface area (Å²) in [5.41, 5.74) is -0.187. The molecule has 0 saturated heterocycles. The van der Waals surface area contributed by atoms with Crippen molar-refractivity contribution in [1.29, 1.82) is 0 Å². The fourth-order valence-corrected chi connectivity index (χ4v) is 5.27. The van der Waals surface area contributed by atoms with Gasteiger partial charge in [0, 0.05) is 41.6 Å². The van der Waals surface area contributed by atoms with Gasteiger partial charge in [0.15, 0.2) is 23.1 Å². The summed E-state index contributed by atoms with van der Waals surface area (Å²) in [4.78, 5) is 32.9. The van der Waals surface area contributed by atoms with Gasteiger partial charge in [-0.05, 0) is 74.0 Å². The van der Waals surface area contributed by atoms with Gasteiger partial charge < -0.3 is 29.7 Å². The number of likely N-dealkylation sites (N-methyl/N-ethyl adjacent to an activating group) is 1. The van der Waals surface area contributed by atoms with E-state index in [4.69, 9.17) is 14.2 Å². The van der Waals surface area contributed by atoms with Crippen LogP contribution >= 0.6 is 0 Å². The number of hydrogen-bond donors (Lipinski definition) is 2. The van der Waals surface area contributed by atoms with E-state index in [0.717, 1.165) is 25.7 Å². The van der Waals surface area contributed by atoms with E-state index in [2.05, 4.69) is 34.4 Å². The molecule has 2 N–H and O–H groups in total. The molecular weight excluding hydrogens is 582 g/mol. The third kappa shape index (κ3) is 6.83. The van der Waals surface area contributed by atoms with E-state index < -0.39 is 28.9 Å². The summed E-state index contributed by atoms with van der Waals surface area (Å²) in [5.74, 6) is -1.11. The first kappa shape index (κ1) is 31.6. The highest BCUT2D eigenvalue weighted by molar-refractivity contribution is 6.17. The zero-order valence-electron chi connectivity index (χ0n) is 25.7. The van der Waals surface area contributed by atoms with Gasteiger partial charge in [-0.25, -0.2) is 8.78 Å². The van der Waals surface area contributed by atoms with Crippen LogP contribution in [0.3, 0.4) is 0 Å². The van der Waals surface area contributed by atoms with Crippen molar-refractivity contribution in [2.45, 2.75) is 27.2 Å². The van der Waals surface area contributed by atoms with Crippen molar-refractivity contribution >= 4 is 34.1 Å². The first-order valence-electron chi connectivity index (χ1n) is 14.9. The van der Waals surface area contributed by atoms with Gasteiger partial charge in [-0.2, -0.15) is 0 Å². The molecule has 0 bridgehead atoms. The predicted molar refractivity (Wildman–Crippen MR) is 168 cm³/mol. The van der Waals surface area contributed by atoms with E-state index in [9.17, 15) is 14.0 Å². The number of aromatic nitrogens is 1. The number of amides is 2. The van der Waals surface area contributed by atoms with Crippen LogP contribution in [0.2, 0.25) is 0 Å². The molecule has 5 rings (SSSR count). The number of nitrogens with one attached hydrogen (secondary N) is 2. The Morgan fingerprint density at radius 1 is 0.911 bits per heavy atom. The first-order chi connectivity index (χ1) is 21.7. The van der Waals surface area contributed by atoms with Crippen LogP contribution < -0.4 is 24.8 Å². The first-order valence-corrected chi connectivity index (χ1v) is 14.9. The van der Waals surface area contributed by atoms with Crippen molar-refractivity contribution in [3.8, 4) is 23.0 Å². The number of nitrogens with zero attached hydrogens (tertiary/aromatic N) is 2. The summed E-state index contributed by atoms with van der Waals surface area (Å²) in [7, 11) is 1.54. The maximum Gasteiger partial charge on any atom is 0.240 e. The third-order valence-electron chi connectivity index (χ3n) is 8.18. The Bertz CT molecular complexity index is 1700. The lowest BCUT2D eigenvalue weighted by molar-refractivity contribution is -0.131. The highest BCUT2D eigenvalue weighted by atomic mass is 19.1. The Hall–Kier alpha value is -4.77. The third-order valence-corrected chi connectivity index (χ3v) is 8.18. The van der Waals surface area contributed by atoms with Gasteiger partial charge in [-0.15, -0.1) is 0 Å². The Balaban J connectivity index is 1.29. The second-order valence-electron chi connectivity index (χ2n) is 10.9. The highest BCUT2D eigenvalue weighted by Crippen LogP contribution is 2.53. The van der Waals surface area contributed by atoms with Crippen molar-refractivity contribution in [3.63, 3.8) is 0 Å². The summed E-state index contributed by atoms with van der Waals surface area (Å²) < 4.78 is 46.0. The number of ether oxygens (including phenoxy) is 3. The number of carbonyl (C=O) groups is 2. The normalized spacial score (nSPS) is 17.2. The molecule has 9 nitrogen and oxygen atoms in total. The molecule has 1 aromatic heterocycles. The highest BCUT2D eigenvalue weighted by Gasteiger charge is 2.63. The quantitative estimate of drug-likeness (QED) is 0.162. The van der Waals surface area contributed by atoms with E-state index in [1.807, 2.05) is 0 Å².